The Morgan fingerprint density at radius 2 is 1.53 bits per heavy atom. The molecule has 0 aromatic heterocycles. The molecule has 0 saturated heterocycles. The highest BCUT2D eigenvalue weighted by atomic mass is 32.2. The van der Waals surface area contributed by atoms with Crippen LogP contribution in [0.15, 0.2) is 58.3 Å². The van der Waals surface area contributed by atoms with E-state index in [1.165, 1.54) is 30.3 Å². The standard InChI is InChI=1S/C13H11FO2S/c1-10-6-8-11(9-7-10)17(15,16)13-5-3-2-4-12(13)14/h2-9H,1H3. The third kappa shape index (κ3) is 2.22. The molecule has 0 amide bonds. The van der Waals surface area contributed by atoms with E-state index in [0.29, 0.717) is 0 Å². The van der Waals surface area contributed by atoms with E-state index >= 15 is 0 Å². The average Bonchev–Trinajstić information content (AvgIpc) is 2.30. The lowest BCUT2D eigenvalue weighted by Gasteiger charge is -2.05. The summed E-state index contributed by atoms with van der Waals surface area (Å²) in [4.78, 5) is -0.183. The second-order valence-electron chi connectivity index (χ2n) is 3.75. The molecule has 2 rings (SSSR count). The van der Waals surface area contributed by atoms with Gasteiger partial charge in [-0.15, -0.1) is 0 Å². The molecular formula is C13H11FO2S. The van der Waals surface area contributed by atoms with Gasteiger partial charge < -0.3 is 0 Å². The zero-order valence-corrected chi connectivity index (χ0v) is 10.0. The fraction of sp³-hybridized carbons (Fsp3) is 0.0769. The van der Waals surface area contributed by atoms with Crippen LogP contribution >= 0.6 is 0 Å². The maximum absolute atomic E-state index is 13.5. The van der Waals surface area contributed by atoms with Crippen LogP contribution in [-0.2, 0) is 9.84 Å². The maximum Gasteiger partial charge on any atom is 0.209 e. The number of rotatable bonds is 2. The Morgan fingerprint density at radius 1 is 0.941 bits per heavy atom. The predicted molar refractivity (Wildman–Crippen MR) is 63.0 cm³/mol. The number of hydrogen-bond acceptors (Lipinski definition) is 2. The van der Waals surface area contributed by atoms with Gasteiger partial charge in [-0.1, -0.05) is 29.8 Å². The summed E-state index contributed by atoms with van der Waals surface area (Å²) >= 11 is 0. The molecule has 0 aliphatic rings. The highest BCUT2D eigenvalue weighted by Crippen LogP contribution is 2.23. The van der Waals surface area contributed by atoms with E-state index in [-0.39, 0.29) is 9.79 Å². The molecule has 2 aromatic carbocycles. The molecule has 0 aliphatic heterocycles. The summed E-state index contributed by atoms with van der Waals surface area (Å²) in [6.45, 7) is 1.86. The van der Waals surface area contributed by atoms with E-state index < -0.39 is 15.7 Å². The van der Waals surface area contributed by atoms with E-state index in [0.717, 1.165) is 11.6 Å². The van der Waals surface area contributed by atoms with E-state index in [4.69, 9.17) is 0 Å². The average molecular weight is 250 g/mol. The summed E-state index contributed by atoms with van der Waals surface area (Å²) in [5.74, 6) is -0.729. The lowest BCUT2D eigenvalue weighted by atomic mass is 10.2. The summed E-state index contributed by atoms with van der Waals surface area (Å²) in [5, 5.41) is 0. The van der Waals surface area contributed by atoms with Crippen molar-refractivity contribution in [2.75, 3.05) is 0 Å². The number of aryl methyl sites for hydroxylation is 1. The fourth-order valence-corrected chi connectivity index (χ4v) is 2.84. The molecule has 0 bridgehead atoms. The van der Waals surface area contributed by atoms with Gasteiger partial charge >= 0.3 is 0 Å². The molecule has 0 spiro atoms. The minimum absolute atomic E-state index is 0.105. The van der Waals surface area contributed by atoms with Crippen molar-refractivity contribution in [1.29, 1.82) is 0 Å². The molecule has 88 valence electrons. The maximum atomic E-state index is 13.5. The van der Waals surface area contributed by atoms with Gasteiger partial charge in [0.1, 0.15) is 10.7 Å². The number of benzene rings is 2. The van der Waals surface area contributed by atoms with Crippen molar-refractivity contribution in [3.63, 3.8) is 0 Å². The van der Waals surface area contributed by atoms with Gasteiger partial charge in [0.25, 0.3) is 0 Å². The van der Waals surface area contributed by atoms with E-state index in [1.807, 2.05) is 6.92 Å². The highest BCUT2D eigenvalue weighted by Gasteiger charge is 2.20. The predicted octanol–water partition coefficient (Wildman–Crippen LogP) is 2.97. The second-order valence-corrected chi connectivity index (χ2v) is 5.67. The first-order chi connectivity index (χ1) is 8.01. The van der Waals surface area contributed by atoms with Crippen molar-refractivity contribution in [2.24, 2.45) is 0 Å². The highest BCUT2D eigenvalue weighted by molar-refractivity contribution is 7.91. The van der Waals surface area contributed by atoms with Crippen molar-refractivity contribution >= 4 is 9.84 Å². The van der Waals surface area contributed by atoms with Gasteiger partial charge in [0.2, 0.25) is 9.84 Å². The zero-order chi connectivity index (χ0) is 12.5. The Hall–Kier alpha value is -1.68. The van der Waals surface area contributed by atoms with Crippen molar-refractivity contribution < 1.29 is 12.8 Å². The summed E-state index contributed by atoms with van der Waals surface area (Å²) < 4.78 is 37.7. The molecule has 0 fully saturated rings. The molecule has 4 heteroatoms. The first-order valence-corrected chi connectivity index (χ1v) is 6.56. The lowest BCUT2D eigenvalue weighted by Crippen LogP contribution is -2.04. The Morgan fingerprint density at radius 3 is 2.12 bits per heavy atom. The van der Waals surface area contributed by atoms with Crippen LogP contribution in [0.1, 0.15) is 5.56 Å². The van der Waals surface area contributed by atoms with E-state index in [2.05, 4.69) is 0 Å². The SMILES string of the molecule is Cc1ccc(S(=O)(=O)c2ccccc2F)cc1. The smallest absolute Gasteiger partial charge is 0.209 e. The fourth-order valence-electron chi connectivity index (χ4n) is 1.51. The molecule has 0 aliphatic carbocycles. The minimum Gasteiger partial charge on any atom is -0.218 e. The van der Waals surface area contributed by atoms with E-state index in [1.54, 1.807) is 12.1 Å². The summed E-state index contributed by atoms with van der Waals surface area (Å²) in [7, 11) is -3.76. The molecule has 0 atom stereocenters. The quantitative estimate of drug-likeness (QED) is 0.821. The third-order valence-electron chi connectivity index (χ3n) is 2.46. The molecular weight excluding hydrogens is 239 g/mol. The molecule has 2 aromatic rings. The Bertz CT molecular complexity index is 631. The topological polar surface area (TPSA) is 34.1 Å². The summed E-state index contributed by atoms with van der Waals surface area (Å²) in [6.07, 6.45) is 0. The van der Waals surface area contributed by atoms with Gasteiger partial charge in [-0.3, -0.25) is 0 Å². The van der Waals surface area contributed by atoms with Gasteiger partial charge in [0, 0.05) is 0 Å². The Kier molecular flexibility index (Phi) is 2.98. The van der Waals surface area contributed by atoms with Crippen molar-refractivity contribution in [1.82, 2.24) is 0 Å². The van der Waals surface area contributed by atoms with Gasteiger partial charge in [-0.2, -0.15) is 0 Å². The normalized spacial score (nSPS) is 11.4. The summed E-state index contributed by atoms with van der Waals surface area (Å²) in [6, 6.07) is 11.7. The minimum atomic E-state index is -3.76. The number of sulfone groups is 1. The van der Waals surface area contributed by atoms with Gasteiger partial charge in [0.05, 0.1) is 4.90 Å². The number of hydrogen-bond donors (Lipinski definition) is 0. The van der Waals surface area contributed by atoms with Crippen LogP contribution in [-0.4, -0.2) is 8.42 Å². The second kappa shape index (κ2) is 4.30. The van der Waals surface area contributed by atoms with Gasteiger partial charge in [0.15, 0.2) is 0 Å². The summed E-state index contributed by atoms with van der Waals surface area (Å²) in [5.41, 5.74) is 0.956. The monoisotopic (exact) mass is 250 g/mol. The third-order valence-corrected chi connectivity index (χ3v) is 4.26. The van der Waals surface area contributed by atoms with Crippen LogP contribution in [0.4, 0.5) is 4.39 Å². The molecule has 17 heavy (non-hydrogen) atoms. The Balaban J connectivity index is 2.58. The molecule has 2 nitrogen and oxygen atoms in total. The first kappa shape index (κ1) is 11.8. The molecule has 0 saturated carbocycles. The zero-order valence-electron chi connectivity index (χ0n) is 9.22. The van der Waals surface area contributed by atoms with Gasteiger partial charge in [-0.25, -0.2) is 12.8 Å². The molecule has 0 unspecified atom stereocenters. The number of halogens is 1. The lowest BCUT2D eigenvalue weighted by molar-refractivity contribution is 0.567. The van der Waals surface area contributed by atoms with Crippen LogP contribution in [0.3, 0.4) is 0 Å². The largest absolute Gasteiger partial charge is 0.218 e. The van der Waals surface area contributed by atoms with Crippen LogP contribution in [0.2, 0.25) is 0 Å². The van der Waals surface area contributed by atoms with Crippen LogP contribution in [0, 0.1) is 12.7 Å². The van der Waals surface area contributed by atoms with Crippen LogP contribution in [0.5, 0.6) is 0 Å². The van der Waals surface area contributed by atoms with Crippen LogP contribution < -0.4 is 0 Å². The van der Waals surface area contributed by atoms with Gasteiger partial charge in [-0.05, 0) is 31.2 Å². The Labute approximate surface area is 99.6 Å². The molecule has 0 radical (unpaired) electrons. The van der Waals surface area contributed by atoms with Crippen molar-refractivity contribution in [3.05, 3.63) is 59.9 Å². The van der Waals surface area contributed by atoms with Crippen LogP contribution in [0.25, 0.3) is 0 Å². The van der Waals surface area contributed by atoms with E-state index in [9.17, 15) is 12.8 Å². The van der Waals surface area contributed by atoms with Crippen molar-refractivity contribution in [2.45, 2.75) is 16.7 Å². The molecule has 0 N–H and O–H groups in total. The first-order valence-electron chi connectivity index (χ1n) is 5.08. The van der Waals surface area contributed by atoms with Crippen molar-refractivity contribution in [3.8, 4) is 0 Å². The molecule has 0 heterocycles.